The van der Waals surface area contributed by atoms with Gasteiger partial charge < -0.3 is 14.8 Å². The molecular weight excluding hydrogens is 433 g/mol. The van der Waals surface area contributed by atoms with E-state index >= 15 is 0 Å². The average molecular weight is 454 g/mol. The summed E-state index contributed by atoms with van der Waals surface area (Å²) < 4.78 is 50.1. The van der Waals surface area contributed by atoms with E-state index in [2.05, 4.69) is 15.3 Å². The van der Waals surface area contributed by atoms with Crippen LogP contribution in [-0.4, -0.2) is 34.5 Å². The van der Waals surface area contributed by atoms with Crippen molar-refractivity contribution in [1.82, 2.24) is 15.3 Å². The second-order valence-corrected chi connectivity index (χ2v) is 7.26. The van der Waals surface area contributed by atoms with Gasteiger partial charge in [-0.15, -0.1) is 0 Å². The maximum atomic E-state index is 13.2. The lowest BCUT2D eigenvalue weighted by Crippen LogP contribution is -2.29. The average Bonchev–Trinajstić information content (AvgIpc) is 2.77. The summed E-state index contributed by atoms with van der Waals surface area (Å²) >= 11 is 0. The Hall–Kier alpha value is -3.28. The maximum Gasteiger partial charge on any atom is 0.416 e. The summed E-state index contributed by atoms with van der Waals surface area (Å²) in [6.45, 7) is 1.15. The number of hydrogen-bond donors (Lipinski definition) is 1. The molecule has 0 saturated carbocycles. The van der Waals surface area contributed by atoms with Crippen molar-refractivity contribution >= 4 is 12.2 Å². The van der Waals surface area contributed by atoms with Gasteiger partial charge >= 0.3 is 11.9 Å². The Labute approximate surface area is 181 Å². The molecule has 1 aliphatic rings. The molecule has 1 aromatic heterocycles. The number of aromatic nitrogens is 2. The quantitative estimate of drug-likeness (QED) is 0.347. The Bertz CT molecular complexity index is 951. The minimum Gasteiger partial charge on any atom is -0.468 e. The molecule has 3 rings (SSSR count). The summed E-state index contributed by atoms with van der Waals surface area (Å²) in [5.74, 6) is -0.347. The molecule has 12 heteroatoms. The molecule has 0 radical (unpaired) electrons. The predicted molar refractivity (Wildman–Crippen MR) is 105 cm³/mol. The fourth-order valence-electron chi connectivity index (χ4n) is 3.68. The molecule has 1 aromatic carbocycles. The number of ether oxygens (including phenoxy) is 2. The van der Waals surface area contributed by atoms with Crippen molar-refractivity contribution in [3.8, 4) is 5.88 Å². The summed E-state index contributed by atoms with van der Waals surface area (Å²) in [5.41, 5.74) is -1.91. The SMILES string of the molecule is O=COC(CC1CCNCC1)c1ncnc(OCc2ccccc2C(F)(F)F)c1[N+](=O)[O-]. The van der Waals surface area contributed by atoms with Gasteiger partial charge in [-0.05, 0) is 44.3 Å². The number of nitrogens with zero attached hydrogens (tertiary/aromatic N) is 3. The van der Waals surface area contributed by atoms with Gasteiger partial charge in [-0.3, -0.25) is 14.9 Å². The van der Waals surface area contributed by atoms with Crippen LogP contribution in [0.15, 0.2) is 30.6 Å². The second kappa shape index (κ2) is 10.4. The first-order valence-corrected chi connectivity index (χ1v) is 9.88. The van der Waals surface area contributed by atoms with Crippen molar-refractivity contribution in [1.29, 1.82) is 0 Å². The van der Waals surface area contributed by atoms with Crippen LogP contribution in [0.2, 0.25) is 0 Å². The maximum absolute atomic E-state index is 13.2. The molecular formula is C20H21F3N4O5. The van der Waals surface area contributed by atoms with Crippen LogP contribution in [0.3, 0.4) is 0 Å². The van der Waals surface area contributed by atoms with Crippen LogP contribution in [0.4, 0.5) is 18.9 Å². The first-order chi connectivity index (χ1) is 15.3. The van der Waals surface area contributed by atoms with E-state index in [1.165, 1.54) is 18.2 Å². The van der Waals surface area contributed by atoms with Crippen LogP contribution in [0.1, 0.15) is 42.2 Å². The highest BCUT2D eigenvalue weighted by atomic mass is 19.4. The Balaban J connectivity index is 1.89. The van der Waals surface area contributed by atoms with Crippen LogP contribution >= 0.6 is 0 Å². The van der Waals surface area contributed by atoms with E-state index in [4.69, 9.17) is 9.47 Å². The van der Waals surface area contributed by atoms with Gasteiger partial charge in [0.1, 0.15) is 12.9 Å². The third-order valence-electron chi connectivity index (χ3n) is 5.22. The molecule has 0 spiro atoms. The Morgan fingerprint density at radius 2 is 1.97 bits per heavy atom. The molecule has 1 aliphatic heterocycles. The molecule has 0 amide bonds. The zero-order chi connectivity index (χ0) is 23.1. The third kappa shape index (κ3) is 5.69. The molecule has 1 atom stereocenters. The largest absolute Gasteiger partial charge is 0.468 e. The summed E-state index contributed by atoms with van der Waals surface area (Å²) in [5, 5.41) is 15.0. The smallest absolute Gasteiger partial charge is 0.416 e. The van der Waals surface area contributed by atoms with E-state index < -0.39 is 40.9 Å². The van der Waals surface area contributed by atoms with Gasteiger partial charge in [-0.2, -0.15) is 18.2 Å². The minimum absolute atomic E-state index is 0.152. The highest BCUT2D eigenvalue weighted by molar-refractivity contribution is 5.48. The number of hydrogen-bond acceptors (Lipinski definition) is 8. The lowest BCUT2D eigenvalue weighted by Gasteiger charge is -2.25. The van der Waals surface area contributed by atoms with E-state index in [-0.39, 0.29) is 23.6 Å². The molecule has 0 aliphatic carbocycles. The molecule has 1 unspecified atom stereocenters. The van der Waals surface area contributed by atoms with E-state index in [1.807, 2.05) is 0 Å². The Kier molecular flexibility index (Phi) is 7.57. The van der Waals surface area contributed by atoms with Gasteiger partial charge in [-0.1, -0.05) is 18.2 Å². The minimum atomic E-state index is -4.61. The van der Waals surface area contributed by atoms with Gasteiger partial charge in [0.15, 0.2) is 11.8 Å². The zero-order valence-electron chi connectivity index (χ0n) is 16.9. The molecule has 0 bridgehead atoms. The summed E-state index contributed by atoms with van der Waals surface area (Å²) in [4.78, 5) is 29.7. The van der Waals surface area contributed by atoms with Gasteiger partial charge in [-0.25, -0.2) is 4.98 Å². The number of rotatable bonds is 9. The number of piperidine rings is 1. The Morgan fingerprint density at radius 3 is 2.62 bits per heavy atom. The fourth-order valence-corrected chi connectivity index (χ4v) is 3.68. The van der Waals surface area contributed by atoms with Gasteiger partial charge in [0.25, 0.3) is 12.4 Å². The summed E-state index contributed by atoms with van der Waals surface area (Å²) in [6.07, 6.45) is -2.71. The highest BCUT2D eigenvalue weighted by Crippen LogP contribution is 2.38. The van der Waals surface area contributed by atoms with E-state index in [0.717, 1.165) is 38.3 Å². The van der Waals surface area contributed by atoms with Crippen LogP contribution in [0, 0.1) is 16.0 Å². The molecule has 9 nitrogen and oxygen atoms in total. The van der Waals surface area contributed by atoms with Gasteiger partial charge in [0.2, 0.25) is 0 Å². The molecule has 2 aromatic rings. The number of nitrogens with one attached hydrogen (secondary N) is 1. The van der Waals surface area contributed by atoms with Crippen molar-refractivity contribution in [2.45, 2.75) is 38.1 Å². The van der Waals surface area contributed by atoms with Gasteiger partial charge in [0.05, 0.1) is 10.5 Å². The molecule has 1 N–H and O–H groups in total. The molecule has 172 valence electrons. The number of carbonyl (C=O) groups excluding carboxylic acids is 1. The lowest BCUT2D eigenvalue weighted by molar-refractivity contribution is -0.388. The highest BCUT2D eigenvalue weighted by Gasteiger charge is 2.35. The van der Waals surface area contributed by atoms with Crippen LogP contribution in [0.5, 0.6) is 5.88 Å². The van der Waals surface area contributed by atoms with E-state index in [0.29, 0.717) is 6.42 Å². The molecule has 1 fully saturated rings. The molecule has 2 heterocycles. The lowest BCUT2D eigenvalue weighted by atomic mass is 9.90. The first kappa shape index (κ1) is 23.4. The molecule has 1 saturated heterocycles. The summed E-state index contributed by atoms with van der Waals surface area (Å²) in [7, 11) is 0. The topological polar surface area (TPSA) is 116 Å². The monoisotopic (exact) mass is 454 g/mol. The number of nitro groups is 1. The van der Waals surface area contributed by atoms with Crippen molar-refractivity contribution in [2.75, 3.05) is 13.1 Å². The number of benzene rings is 1. The zero-order valence-corrected chi connectivity index (χ0v) is 16.9. The normalized spacial score (nSPS) is 15.7. The van der Waals surface area contributed by atoms with Crippen molar-refractivity contribution < 1.29 is 32.4 Å². The van der Waals surface area contributed by atoms with E-state index in [1.54, 1.807) is 0 Å². The van der Waals surface area contributed by atoms with E-state index in [9.17, 15) is 28.1 Å². The first-order valence-electron chi connectivity index (χ1n) is 9.88. The Morgan fingerprint density at radius 1 is 1.25 bits per heavy atom. The van der Waals surface area contributed by atoms with Crippen LogP contribution in [-0.2, 0) is 22.3 Å². The third-order valence-corrected chi connectivity index (χ3v) is 5.22. The fraction of sp³-hybridized carbons (Fsp3) is 0.450. The predicted octanol–water partition coefficient (Wildman–Crippen LogP) is 3.59. The summed E-state index contributed by atoms with van der Waals surface area (Å²) in [6, 6.07) is 4.75. The standard InChI is InChI=1S/C20H21F3N4O5/c21-20(22,23)15-4-2-1-3-14(15)10-31-19-18(27(29)30)17(25-11-26-19)16(32-12-28)9-13-5-7-24-8-6-13/h1-4,11-13,16,24H,5-10H2. The van der Waals surface area contributed by atoms with Crippen molar-refractivity contribution in [2.24, 2.45) is 5.92 Å². The van der Waals surface area contributed by atoms with Gasteiger partial charge in [0, 0.05) is 5.56 Å². The molecule has 32 heavy (non-hydrogen) atoms. The number of halogens is 3. The van der Waals surface area contributed by atoms with Crippen molar-refractivity contribution in [3.05, 3.63) is 57.5 Å². The van der Waals surface area contributed by atoms with Crippen molar-refractivity contribution in [3.63, 3.8) is 0 Å². The van der Waals surface area contributed by atoms with Crippen LogP contribution < -0.4 is 10.1 Å². The second-order valence-electron chi connectivity index (χ2n) is 7.26. The number of carbonyl (C=O) groups is 1. The number of alkyl halides is 3. The van der Waals surface area contributed by atoms with Crippen LogP contribution in [0.25, 0.3) is 0 Å².